The maximum atomic E-state index is 2.57. The molecule has 4 heteroatoms. The molecule has 4 aromatic rings. The molecule has 4 heterocycles. The molecule has 7 rings (SSSR count). The van der Waals surface area contributed by atoms with E-state index in [-0.39, 0.29) is 6.98 Å². The van der Waals surface area contributed by atoms with Crippen LogP contribution in [-0.4, -0.2) is 6.98 Å². The Balaban J connectivity index is 1.57. The summed E-state index contributed by atoms with van der Waals surface area (Å²) in [5.41, 5.74) is 12.1. The molecule has 1 aromatic heterocycles. The topological polar surface area (TPSA) is 10.4 Å². The van der Waals surface area contributed by atoms with Gasteiger partial charge in [-0.3, -0.25) is 0 Å². The van der Waals surface area contributed by atoms with Gasteiger partial charge in [-0.15, -0.1) is 0 Å². The molecule has 3 nitrogen and oxygen atoms in total. The highest BCUT2D eigenvalue weighted by Gasteiger charge is 2.52. The van der Waals surface area contributed by atoms with Crippen LogP contribution in [-0.2, 0) is 6.54 Å². The van der Waals surface area contributed by atoms with Gasteiger partial charge in [-0.25, -0.2) is 0 Å². The van der Waals surface area contributed by atoms with Crippen molar-refractivity contribution in [3.05, 3.63) is 96.2 Å². The van der Waals surface area contributed by atoms with Crippen LogP contribution < -0.4 is 19.7 Å². The molecule has 0 bridgehead atoms. The zero-order valence-corrected chi connectivity index (χ0v) is 17.8. The minimum atomic E-state index is 0.114. The Kier molecular flexibility index (Phi) is 3.33. The fourth-order valence-corrected chi connectivity index (χ4v) is 5.66. The average Bonchev–Trinajstić information content (AvgIpc) is 3.35. The van der Waals surface area contributed by atoms with Gasteiger partial charge >= 0.3 is 6.98 Å². The number of anilines is 4. The van der Waals surface area contributed by atoms with Crippen molar-refractivity contribution in [2.45, 2.75) is 26.3 Å². The van der Waals surface area contributed by atoms with Crippen LogP contribution in [0.25, 0.3) is 11.3 Å². The normalized spacial score (nSPS) is 14.7. The number of aromatic nitrogens is 1. The Hall–Kier alpha value is -3.53. The lowest BCUT2D eigenvalue weighted by Gasteiger charge is -2.33. The number of para-hydroxylation sites is 1. The number of benzene rings is 3. The van der Waals surface area contributed by atoms with E-state index in [9.17, 15) is 0 Å². The van der Waals surface area contributed by atoms with Crippen LogP contribution in [0.3, 0.4) is 0 Å². The second-order valence-electron chi connectivity index (χ2n) is 9.10. The van der Waals surface area contributed by atoms with Crippen molar-refractivity contribution in [3.63, 3.8) is 0 Å². The Morgan fingerprint density at radius 2 is 1.68 bits per heavy atom. The first kappa shape index (κ1) is 17.2. The van der Waals surface area contributed by atoms with Crippen molar-refractivity contribution in [2.75, 3.05) is 9.62 Å². The maximum absolute atomic E-state index is 2.57. The minimum Gasteiger partial charge on any atom is -0.360 e. The molecule has 3 aliphatic rings. The molecule has 0 atom stereocenters. The van der Waals surface area contributed by atoms with Crippen molar-refractivity contribution in [3.8, 4) is 11.3 Å². The second-order valence-corrected chi connectivity index (χ2v) is 9.10. The van der Waals surface area contributed by atoms with Crippen molar-refractivity contribution in [1.29, 1.82) is 0 Å². The number of rotatable bonds is 2. The predicted molar refractivity (Wildman–Crippen MR) is 128 cm³/mol. The van der Waals surface area contributed by atoms with Crippen LogP contribution in [0, 0.1) is 0 Å². The molecule has 0 fully saturated rings. The van der Waals surface area contributed by atoms with Gasteiger partial charge in [-0.05, 0) is 41.8 Å². The first-order valence-corrected chi connectivity index (χ1v) is 11.1. The van der Waals surface area contributed by atoms with E-state index in [1.54, 1.807) is 0 Å². The van der Waals surface area contributed by atoms with Crippen molar-refractivity contribution >= 4 is 35.2 Å². The third kappa shape index (κ3) is 2.17. The molecule has 0 spiro atoms. The van der Waals surface area contributed by atoms with Gasteiger partial charge in [0.2, 0.25) is 5.69 Å². The summed E-state index contributed by atoms with van der Waals surface area (Å²) in [6, 6.07) is 29.2. The zero-order chi connectivity index (χ0) is 20.7. The number of pyridine rings is 1. The SMILES string of the molecule is CC(C)c1ccc2c(c1)N1B(c3ccc[n+]4c3-c3c(cccc31)C4)N2c1ccccc1. The van der Waals surface area contributed by atoms with Gasteiger partial charge in [0, 0.05) is 28.5 Å². The number of nitrogens with zero attached hydrogens (tertiary/aromatic N) is 3. The molecule has 31 heavy (non-hydrogen) atoms. The van der Waals surface area contributed by atoms with Crippen LogP contribution in [0.2, 0.25) is 0 Å². The maximum Gasteiger partial charge on any atom is 0.427 e. The van der Waals surface area contributed by atoms with Gasteiger partial charge in [-0.2, -0.15) is 4.57 Å². The molecular weight excluding hydrogens is 377 g/mol. The Morgan fingerprint density at radius 3 is 2.52 bits per heavy atom. The number of hydrogen-bond acceptors (Lipinski definition) is 2. The fourth-order valence-electron chi connectivity index (χ4n) is 5.66. The molecule has 0 N–H and O–H groups in total. The van der Waals surface area contributed by atoms with Crippen LogP contribution in [0.1, 0.15) is 30.9 Å². The molecule has 148 valence electrons. The van der Waals surface area contributed by atoms with E-state index < -0.39 is 0 Å². The van der Waals surface area contributed by atoms with Crippen LogP contribution in [0.5, 0.6) is 0 Å². The van der Waals surface area contributed by atoms with Gasteiger partial charge in [0.05, 0.1) is 16.9 Å². The number of hydrogen-bond donors (Lipinski definition) is 0. The van der Waals surface area contributed by atoms with E-state index in [1.165, 1.54) is 50.6 Å². The van der Waals surface area contributed by atoms with Crippen LogP contribution in [0.15, 0.2) is 85.1 Å². The van der Waals surface area contributed by atoms with E-state index in [2.05, 4.69) is 113 Å². The summed E-state index contributed by atoms with van der Waals surface area (Å²) in [6.45, 7) is 5.62. The lowest BCUT2D eigenvalue weighted by atomic mass is 9.60. The lowest BCUT2D eigenvalue weighted by molar-refractivity contribution is -0.671. The predicted octanol–water partition coefficient (Wildman–Crippen LogP) is 5.12. The van der Waals surface area contributed by atoms with E-state index >= 15 is 0 Å². The molecule has 3 aliphatic heterocycles. The minimum absolute atomic E-state index is 0.114. The van der Waals surface area contributed by atoms with Crippen LogP contribution in [0.4, 0.5) is 22.7 Å². The molecule has 0 aliphatic carbocycles. The fraction of sp³-hybridized carbons (Fsp3) is 0.148. The molecule has 3 aromatic carbocycles. The third-order valence-corrected chi connectivity index (χ3v) is 7.06. The van der Waals surface area contributed by atoms with E-state index in [1.807, 2.05) is 0 Å². The highest BCUT2D eigenvalue weighted by atomic mass is 15.3. The van der Waals surface area contributed by atoms with Gasteiger partial charge in [0.15, 0.2) is 12.7 Å². The Bertz CT molecular complexity index is 1360. The summed E-state index contributed by atoms with van der Waals surface area (Å²) < 4.78 is 2.42. The highest BCUT2D eigenvalue weighted by Crippen LogP contribution is 2.52. The Labute approximate surface area is 183 Å². The summed E-state index contributed by atoms with van der Waals surface area (Å²) in [7, 11) is 0. The van der Waals surface area contributed by atoms with E-state index in [0.717, 1.165) is 6.54 Å². The highest BCUT2D eigenvalue weighted by molar-refractivity contribution is 6.86. The third-order valence-electron chi connectivity index (χ3n) is 7.06. The first-order chi connectivity index (χ1) is 15.2. The molecule has 0 amide bonds. The van der Waals surface area contributed by atoms with Crippen molar-refractivity contribution < 1.29 is 4.57 Å². The molecular formula is C27H23BN3+. The summed E-state index contributed by atoms with van der Waals surface area (Å²) in [6.07, 6.45) is 2.23. The van der Waals surface area contributed by atoms with Crippen molar-refractivity contribution in [1.82, 2.24) is 0 Å². The van der Waals surface area contributed by atoms with Crippen LogP contribution >= 0.6 is 0 Å². The Morgan fingerprint density at radius 1 is 0.806 bits per heavy atom. The van der Waals surface area contributed by atoms with E-state index in [0.29, 0.717) is 5.92 Å². The average molecular weight is 400 g/mol. The van der Waals surface area contributed by atoms with E-state index in [4.69, 9.17) is 0 Å². The summed E-state index contributed by atoms with van der Waals surface area (Å²) in [4.78, 5) is 5.09. The van der Waals surface area contributed by atoms with Crippen molar-refractivity contribution in [2.24, 2.45) is 0 Å². The number of fused-ring (bicyclic) bond motifs is 5. The monoisotopic (exact) mass is 400 g/mol. The standard InChI is InChI=1S/C27H23BN3/c1-18(2)19-13-14-23-25(16-19)31-24-12-6-8-20-17-29-15-7-11-22(27(29)26(20)24)28(31)30(23)21-9-4-3-5-10-21/h3-16,18H,17H2,1-2H3/q+1. The summed E-state index contributed by atoms with van der Waals surface area (Å²) >= 11 is 0. The largest absolute Gasteiger partial charge is 0.427 e. The smallest absolute Gasteiger partial charge is 0.360 e. The second kappa shape index (κ2) is 6.01. The van der Waals surface area contributed by atoms with Gasteiger partial charge in [0.25, 0.3) is 0 Å². The molecule has 0 saturated carbocycles. The van der Waals surface area contributed by atoms with Gasteiger partial charge in [0.1, 0.15) is 0 Å². The first-order valence-electron chi connectivity index (χ1n) is 11.1. The zero-order valence-electron chi connectivity index (χ0n) is 17.8. The molecule has 0 saturated heterocycles. The van der Waals surface area contributed by atoms with Gasteiger partial charge < -0.3 is 9.62 Å². The molecule has 0 radical (unpaired) electrons. The molecule has 0 unspecified atom stereocenters. The summed E-state index contributed by atoms with van der Waals surface area (Å²) in [5, 5.41) is 0. The van der Waals surface area contributed by atoms with Gasteiger partial charge in [-0.1, -0.05) is 56.3 Å². The lowest BCUT2D eigenvalue weighted by Crippen LogP contribution is -2.58. The summed E-state index contributed by atoms with van der Waals surface area (Å²) in [5.74, 6) is 0.496. The quantitative estimate of drug-likeness (QED) is 0.301.